The van der Waals surface area contributed by atoms with Gasteiger partial charge in [0.15, 0.2) is 17.3 Å². The summed E-state index contributed by atoms with van der Waals surface area (Å²) in [6.45, 7) is 0.785. The van der Waals surface area contributed by atoms with E-state index in [0.717, 1.165) is 16.9 Å². The van der Waals surface area contributed by atoms with Gasteiger partial charge in [-0.25, -0.2) is 26.6 Å². The van der Waals surface area contributed by atoms with Crippen molar-refractivity contribution >= 4 is 15.7 Å². The van der Waals surface area contributed by atoms with Gasteiger partial charge in [0.25, 0.3) is 5.91 Å². The maximum atomic E-state index is 14.0. The molecule has 1 unspecified atom stereocenters. The molecule has 2 heterocycles. The maximum Gasteiger partial charge on any atom is 0.449 e. The number of amides is 1. The SMILES string of the molecule is C[C@H](Cc1cc(F)c(F)cc1F)CC(O)N1CCn2c(C(F)(F)F)nc(C(=O)NCCS(C)(=O)=O)c2C1. The molecule has 0 radical (unpaired) electrons. The normalized spacial score (nSPS) is 16.4. The molecule has 0 bridgehead atoms. The highest BCUT2D eigenvalue weighted by atomic mass is 32.2. The van der Waals surface area contributed by atoms with Crippen LogP contribution in [-0.2, 0) is 35.5 Å². The Morgan fingerprint density at radius 1 is 1.16 bits per heavy atom. The fourth-order valence-electron chi connectivity index (χ4n) is 4.16. The van der Waals surface area contributed by atoms with Crippen molar-refractivity contribution in [3.8, 4) is 0 Å². The second-order valence-corrected chi connectivity index (χ2v) is 11.4. The van der Waals surface area contributed by atoms with Crippen molar-refractivity contribution in [1.29, 1.82) is 0 Å². The summed E-state index contributed by atoms with van der Waals surface area (Å²) in [4.78, 5) is 17.5. The molecular weight excluding hydrogens is 530 g/mol. The first-order valence-electron chi connectivity index (χ1n) is 11.2. The molecule has 1 aromatic heterocycles. The van der Waals surface area contributed by atoms with E-state index in [9.17, 15) is 44.7 Å². The van der Waals surface area contributed by atoms with Crippen molar-refractivity contribution < 1.29 is 44.7 Å². The van der Waals surface area contributed by atoms with E-state index in [1.54, 1.807) is 6.92 Å². The Bertz CT molecular complexity index is 1260. The molecule has 0 fully saturated rings. The van der Waals surface area contributed by atoms with Crippen molar-refractivity contribution in [3.05, 3.63) is 52.4 Å². The third-order valence-corrected chi connectivity index (χ3v) is 6.90. The summed E-state index contributed by atoms with van der Waals surface area (Å²) in [5, 5.41) is 13.0. The number of halogens is 6. The second-order valence-electron chi connectivity index (χ2n) is 9.12. The first-order chi connectivity index (χ1) is 17.1. The Kier molecular flexibility index (Phi) is 8.59. The zero-order valence-corrected chi connectivity index (χ0v) is 20.8. The molecule has 1 aliphatic rings. The van der Waals surface area contributed by atoms with Crippen LogP contribution in [0.5, 0.6) is 0 Å². The van der Waals surface area contributed by atoms with E-state index in [2.05, 4.69) is 10.3 Å². The van der Waals surface area contributed by atoms with Crippen LogP contribution in [0.25, 0.3) is 0 Å². The molecule has 2 aromatic rings. The van der Waals surface area contributed by atoms with Gasteiger partial charge in [-0.1, -0.05) is 6.92 Å². The van der Waals surface area contributed by atoms with Crippen molar-refractivity contribution in [2.75, 3.05) is 25.1 Å². The molecule has 8 nitrogen and oxygen atoms in total. The molecule has 37 heavy (non-hydrogen) atoms. The fraction of sp³-hybridized carbons (Fsp3) is 0.545. The van der Waals surface area contributed by atoms with Crippen LogP contribution in [0.2, 0.25) is 0 Å². The van der Waals surface area contributed by atoms with E-state index in [4.69, 9.17) is 0 Å². The van der Waals surface area contributed by atoms with Gasteiger partial charge in [0, 0.05) is 38.5 Å². The molecule has 206 valence electrons. The number of aliphatic hydroxyl groups is 1. The Hall–Kier alpha value is -2.65. The number of aliphatic hydroxyl groups excluding tert-OH is 1. The molecule has 0 spiro atoms. The van der Waals surface area contributed by atoms with Crippen LogP contribution in [0.15, 0.2) is 12.1 Å². The van der Waals surface area contributed by atoms with E-state index >= 15 is 0 Å². The number of nitrogens with one attached hydrogen (secondary N) is 1. The molecular formula is C22H26F6N4O4S. The number of nitrogens with zero attached hydrogens (tertiary/aromatic N) is 3. The van der Waals surface area contributed by atoms with Gasteiger partial charge in [-0.2, -0.15) is 13.2 Å². The van der Waals surface area contributed by atoms with E-state index in [-0.39, 0.29) is 50.3 Å². The number of hydrogen-bond donors (Lipinski definition) is 2. The summed E-state index contributed by atoms with van der Waals surface area (Å²) in [6.07, 6.45) is -5.13. The van der Waals surface area contributed by atoms with E-state index in [0.29, 0.717) is 6.07 Å². The summed E-state index contributed by atoms with van der Waals surface area (Å²) in [5.74, 6) is -6.58. The minimum atomic E-state index is -4.86. The number of rotatable bonds is 9. The number of hydrogen-bond acceptors (Lipinski definition) is 6. The summed E-state index contributed by atoms with van der Waals surface area (Å²) >= 11 is 0. The first kappa shape index (κ1) is 28.9. The minimum absolute atomic E-state index is 0.0188. The van der Waals surface area contributed by atoms with E-state index in [1.165, 1.54) is 4.90 Å². The van der Waals surface area contributed by atoms with E-state index < -0.39 is 68.8 Å². The summed E-state index contributed by atoms with van der Waals surface area (Å²) in [7, 11) is -3.42. The minimum Gasteiger partial charge on any atom is -0.378 e. The monoisotopic (exact) mass is 556 g/mol. The highest BCUT2D eigenvalue weighted by Gasteiger charge is 2.41. The lowest BCUT2D eigenvalue weighted by Gasteiger charge is -2.34. The van der Waals surface area contributed by atoms with Gasteiger partial charge in [0.05, 0.1) is 11.4 Å². The van der Waals surface area contributed by atoms with Crippen molar-refractivity contribution in [3.63, 3.8) is 0 Å². The van der Waals surface area contributed by atoms with Crippen LogP contribution in [-0.4, -0.2) is 65.2 Å². The largest absolute Gasteiger partial charge is 0.449 e. The van der Waals surface area contributed by atoms with Crippen LogP contribution < -0.4 is 5.32 Å². The van der Waals surface area contributed by atoms with E-state index in [1.807, 2.05) is 0 Å². The molecule has 1 aromatic carbocycles. The van der Waals surface area contributed by atoms with Gasteiger partial charge in [-0.15, -0.1) is 0 Å². The number of fused-ring (bicyclic) bond motifs is 1. The third kappa shape index (κ3) is 7.23. The lowest BCUT2D eigenvalue weighted by atomic mass is 9.96. The second kappa shape index (κ2) is 11.0. The average Bonchev–Trinajstić information content (AvgIpc) is 3.16. The predicted molar refractivity (Wildman–Crippen MR) is 119 cm³/mol. The average molecular weight is 557 g/mol. The molecule has 2 N–H and O–H groups in total. The predicted octanol–water partition coefficient (Wildman–Crippen LogP) is 2.50. The highest BCUT2D eigenvalue weighted by molar-refractivity contribution is 7.90. The lowest BCUT2D eigenvalue weighted by molar-refractivity contribution is -0.148. The number of carbonyl (C=O) groups is 1. The number of carbonyl (C=O) groups excluding carboxylic acids is 1. The molecule has 0 aliphatic carbocycles. The van der Waals surface area contributed by atoms with Crippen LogP contribution in [0.3, 0.4) is 0 Å². The molecule has 2 atom stereocenters. The Morgan fingerprint density at radius 2 is 1.81 bits per heavy atom. The zero-order chi connectivity index (χ0) is 27.7. The molecule has 15 heteroatoms. The smallest absolute Gasteiger partial charge is 0.378 e. The van der Waals surface area contributed by atoms with Gasteiger partial charge >= 0.3 is 6.18 Å². The van der Waals surface area contributed by atoms with Gasteiger partial charge in [0.1, 0.15) is 21.9 Å². The number of aromatic nitrogens is 2. The third-order valence-electron chi connectivity index (χ3n) is 5.96. The standard InChI is InChI=1S/C22H26F6N4O4S/c1-12(7-13-9-15(24)16(25)10-14(13)23)8-18(33)31-4-5-32-17(11-31)19(30-21(32)22(26,27)28)20(34)29-3-6-37(2,35)36/h9-10,12,18,33H,3-8,11H2,1-2H3,(H,29,34)/t12-,18?/m1/s1. The van der Waals surface area contributed by atoms with Gasteiger partial charge in [-0.3, -0.25) is 9.69 Å². The summed E-state index contributed by atoms with van der Waals surface area (Å²) in [6, 6.07) is 1.17. The quantitative estimate of drug-likeness (QED) is 0.364. The van der Waals surface area contributed by atoms with Gasteiger partial charge in [-0.05, 0) is 30.4 Å². The van der Waals surface area contributed by atoms with Crippen molar-refractivity contribution in [2.45, 2.75) is 45.3 Å². The van der Waals surface area contributed by atoms with Crippen LogP contribution in [0.1, 0.15) is 40.9 Å². The lowest BCUT2D eigenvalue weighted by Crippen LogP contribution is -2.43. The van der Waals surface area contributed by atoms with Crippen LogP contribution >= 0.6 is 0 Å². The van der Waals surface area contributed by atoms with Gasteiger partial charge in [0.2, 0.25) is 5.82 Å². The molecule has 0 saturated carbocycles. The van der Waals surface area contributed by atoms with Crippen LogP contribution in [0, 0.1) is 23.4 Å². The number of benzene rings is 1. The molecule has 1 aliphatic heterocycles. The first-order valence-corrected chi connectivity index (χ1v) is 13.3. The maximum absolute atomic E-state index is 14.0. The Labute approximate surface area is 209 Å². The van der Waals surface area contributed by atoms with Crippen LogP contribution in [0.4, 0.5) is 26.3 Å². The van der Waals surface area contributed by atoms with Crippen molar-refractivity contribution in [1.82, 2.24) is 19.8 Å². The zero-order valence-electron chi connectivity index (χ0n) is 19.9. The molecule has 1 amide bonds. The topological polar surface area (TPSA) is 105 Å². The molecule has 3 rings (SSSR count). The summed E-state index contributed by atoms with van der Waals surface area (Å²) in [5.41, 5.74) is -0.721. The summed E-state index contributed by atoms with van der Waals surface area (Å²) < 4.78 is 105. The number of imidazole rings is 1. The van der Waals surface area contributed by atoms with Crippen molar-refractivity contribution in [2.24, 2.45) is 5.92 Å². The number of sulfone groups is 1. The number of alkyl halides is 3. The van der Waals surface area contributed by atoms with Gasteiger partial charge < -0.3 is 15.0 Å². The molecule has 0 saturated heterocycles. The Balaban J connectivity index is 1.75. The fourth-order valence-corrected chi connectivity index (χ4v) is 4.63. The Morgan fingerprint density at radius 3 is 2.43 bits per heavy atom. The highest BCUT2D eigenvalue weighted by Crippen LogP contribution is 2.33.